The first-order valence-electron chi connectivity index (χ1n) is 5.94. The molecule has 96 valence electrons. The summed E-state index contributed by atoms with van der Waals surface area (Å²) in [6.07, 6.45) is 3.39. The number of nitrogens with zero attached hydrogens (tertiary/aromatic N) is 3. The average Bonchev–Trinajstić information content (AvgIpc) is 2.71. The largest absolute Gasteiger partial charge is 0.427 e. The van der Waals surface area contributed by atoms with E-state index in [1.165, 1.54) is 6.33 Å². The van der Waals surface area contributed by atoms with Crippen LogP contribution in [0, 0.1) is 0 Å². The number of hydrogen-bond donors (Lipinski definition) is 1. The number of aromatic nitrogens is 3. The van der Waals surface area contributed by atoms with E-state index in [0.717, 1.165) is 11.1 Å². The lowest BCUT2D eigenvalue weighted by Gasteiger charge is -2.37. The molecule has 0 aromatic carbocycles. The first-order valence-corrected chi connectivity index (χ1v) is 5.94. The van der Waals surface area contributed by atoms with Gasteiger partial charge in [0.1, 0.15) is 6.33 Å². The summed E-state index contributed by atoms with van der Waals surface area (Å²) in [7, 11) is 0.423. The molecule has 18 heavy (non-hydrogen) atoms. The molecule has 0 saturated heterocycles. The number of fused-ring (bicyclic) bond motifs is 1. The van der Waals surface area contributed by atoms with Crippen molar-refractivity contribution < 1.29 is 9.76 Å². The lowest BCUT2D eigenvalue weighted by Crippen LogP contribution is -2.49. The summed E-state index contributed by atoms with van der Waals surface area (Å²) < 4.78 is 7.50. The van der Waals surface area contributed by atoms with Crippen LogP contribution in [0.4, 0.5) is 0 Å². The number of pyridine rings is 1. The van der Waals surface area contributed by atoms with Crippen LogP contribution in [-0.2, 0) is 4.65 Å². The number of rotatable bonds is 4. The molecule has 1 N–H and O–H groups in total. The second kappa shape index (κ2) is 4.37. The highest BCUT2D eigenvalue weighted by Crippen LogP contribution is 2.24. The van der Waals surface area contributed by atoms with Crippen molar-refractivity contribution in [3.05, 3.63) is 24.7 Å². The summed E-state index contributed by atoms with van der Waals surface area (Å²) in [5, 5.41) is 14.1. The summed E-state index contributed by atoms with van der Waals surface area (Å²) in [4.78, 5) is 4.08. The molecule has 0 aliphatic carbocycles. The Morgan fingerprint density at radius 3 is 2.67 bits per heavy atom. The first kappa shape index (κ1) is 13.0. The van der Waals surface area contributed by atoms with Gasteiger partial charge in [0.25, 0.3) is 0 Å². The minimum atomic E-state index is -0.898. The Morgan fingerprint density at radius 2 is 2.00 bits per heavy atom. The van der Waals surface area contributed by atoms with E-state index in [1.54, 1.807) is 18.4 Å². The fourth-order valence-electron chi connectivity index (χ4n) is 1.39. The maximum Gasteiger partial charge on any atom is 0.311 e. The highest BCUT2D eigenvalue weighted by Gasteiger charge is 2.35. The third-order valence-corrected chi connectivity index (χ3v) is 3.41. The Hall–Kier alpha value is -1.40. The summed E-state index contributed by atoms with van der Waals surface area (Å²) in [5.41, 5.74) is 0.278. The van der Waals surface area contributed by atoms with E-state index in [0.29, 0.717) is 7.48 Å². The van der Waals surface area contributed by atoms with Crippen LogP contribution in [0.2, 0.25) is 0 Å². The van der Waals surface area contributed by atoms with Crippen LogP contribution >= 0.6 is 0 Å². The van der Waals surface area contributed by atoms with Gasteiger partial charge in [-0.05, 0) is 39.2 Å². The monoisotopic (exact) mass is 247 g/mol. The quantitative estimate of drug-likeness (QED) is 0.788. The Labute approximate surface area is 107 Å². The van der Waals surface area contributed by atoms with Gasteiger partial charge >= 0.3 is 7.48 Å². The van der Waals surface area contributed by atoms with Crippen molar-refractivity contribution in [1.29, 1.82) is 0 Å². The SMILES string of the molecule is CC(C)(O)C(C)(C)OBc1ccc2ncnn2c1. The van der Waals surface area contributed by atoms with E-state index in [2.05, 4.69) is 10.1 Å². The predicted molar refractivity (Wildman–Crippen MR) is 71.2 cm³/mol. The summed E-state index contributed by atoms with van der Waals surface area (Å²) >= 11 is 0. The zero-order valence-corrected chi connectivity index (χ0v) is 11.2. The molecule has 2 aromatic heterocycles. The van der Waals surface area contributed by atoms with Gasteiger partial charge in [-0.25, -0.2) is 9.50 Å². The Bertz CT molecular complexity index is 545. The molecule has 0 aliphatic rings. The maximum absolute atomic E-state index is 10.0. The minimum Gasteiger partial charge on any atom is -0.427 e. The fraction of sp³-hybridized carbons (Fsp3) is 0.500. The van der Waals surface area contributed by atoms with E-state index >= 15 is 0 Å². The first-order chi connectivity index (χ1) is 8.29. The summed E-state index contributed by atoms with van der Waals surface area (Å²) in [5.74, 6) is 0. The van der Waals surface area contributed by atoms with Crippen molar-refractivity contribution >= 4 is 18.6 Å². The Morgan fingerprint density at radius 1 is 1.28 bits per heavy atom. The van der Waals surface area contributed by atoms with E-state index in [-0.39, 0.29) is 0 Å². The predicted octanol–water partition coefficient (Wildman–Crippen LogP) is 0.272. The van der Waals surface area contributed by atoms with Crippen molar-refractivity contribution in [2.75, 3.05) is 0 Å². The third-order valence-electron chi connectivity index (χ3n) is 3.41. The van der Waals surface area contributed by atoms with Crippen LogP contribution in [0.15, 0.2) is 24.7 Å². The maximum atomic E-state index is 10.0. The van der Waals surface area contributed by atoms with Gasteiger partial charge in [0.2, 0.25) is 0 Å². The van der Waals surface area contributed by atoms with Gasteiger partial charge < -0.3 is 9.76 Å². The molecule has 2 heterocycles. The van der Waals surface area contributed by atoms with Crippen molar-refractivity contribution in [1.82, 2.24) is 14.6 Å². The summed E-state index contributed by atoms with van der Waals surface area (Å²) in [6.45, 7) is 7.24. The zero-order chi connectivity index (χ0) is 13.4. The van der Waals surface area contributed by atoms with Crippen molar-refractivity contribution in [3.8, 4) is 0 Å². The van der Waals surface area contributed by atoms with Gasteiger partial charge in [0, 0.05) is 6.20 Å². The smallest absolute Gasteiger partial charge is 0.311 e. The van der Waals surface area contributed by atoms with Crippen molar-refractivity contribution in [2.24, 2.45) is 0 Å². The van der Waals surface area contributed by atoms with E-state index in [4.69, 9.17) is 4.65 Å². The van der Waals surface area contributed by atoms with Crippen molar-refractivity contribution in [3.63, 3.8) is 0 Å². The Kier molecular flexibility index (Phi) is 3.17. The molecule has 0 aliphatic heterocycles. The molecular weight excluding hydrogens is 229 g/mol. The molecule has 0 atom stereocenters. The van der Waals surface area contributed by atoms with Gasteiger partial charge in [-0.2, -0.15) is 5.10 Å². The Balaban J connectivity index is 2.10. The van der Waals surface area contributed by atoms with Crippen LogP contribution in [0.5, 0.6) is 0 Å². The average molecular weight is 247 g/mol. The lowest BCUT2D eigenvalue weighted by molar-refractivity contribution is -0.0893. The highest BCUT2D eigenvalue weighted by molar-refractivity contribution is 6.46. The molecular formula is C12H18BN3O2. The minimum absolute atomic E-state index is 0.423. The van der Waals surface area contributed by atoms with Gasteiger partial charge in [-0.3, -0.25) is 0 Å². The molecule has 0 unspecified atom stereocenters. The molecule has 0 bridgehead atoms. The molecule has 2 aromatic rings. The van der Waals surface area contributed by atoms with E-state index in [9.17, 15) is 5.11 Å². The molecule has 0 amide bonds. The van der Waals surface area contributed by atoms with Gasteiger partial charge in [0.15, 0.2) is 5.65 Å². The number of hydrogen-bond acceptors (Lipinski definition) is 4. The van der Waals surface area contributed by atoms with Gasteiger partial charge in [-0.1, -0.05) is 6.07 Å². The highest BCUT2D eigenvalue weighted by atomic mass is 16.5. The van der Waals surface area contributed by atoms with Crippen LogP contribution in [-0.4, -0.2) is 38.4 Å². The topological polar surface area (TPSA) is 59.7 Å². The van der Waals surface area contributed by atoms with Crippen LogP contribution < -0.4 is 5.46 Å². The molecule has 6 heteroatoms. The molecule has 0 radical (unpaired) electrons. The molecule has 0 saturated carbocycles. The molecule has 0 fully saturated rings. The lowest BCUT2D eigenvalue weighted by atomic mass is 9.83. The third kappa shape index (κ3) is 2.54. The summed E-state index contributed by atoms with van der Waals surface area (Å²) in [6, 6.07) is 3.84. The molecule has 5 nitrogen and oxygen atoms in total. The van der Waals surface area contributed by atoms with E-state index < -0.39 is 11.2 Å². The molecule has 2 rings (SSSR count). The van der Waals surface area contributed by atoms with Crippen LogP contribution in [0.1, 0.15) is 27.7 Å². The van der Waals surface area contributed by atoms with Crippen LogP contribution in [0.3, 0.4) is 0 Å². The van der Waals surface area contributed by atoms with E-state index in [1.807, 2.05) is 32.2 Å². The second-order valence-corrected chi connectivity index (χ2v) is 5.46. The van der Waals surface area contributed by atoms with Gasteiger partial charge in [-0.15, -0.1) is 0 Å². The molecule has 0 spiro atoms. The number of aliphatic hydroxyl groups is 1. The second-order valence-electron chi connectivity index (χ2n) is 5.46. The zero-order valence-electron chi connectivity index (χ0n) is 11.2. The van der Waals surface area contributed by atoms with Crippen molar-refractivity contribution in [2.45, 2.75) is 38.9 Å². The van der Waals surface area contributed by atoms with Gasteiger partial charge in [0.05, 0.1) is 11.2 Å². The normalized spacial score (nSPS) is 12.9. The standard InChI is InChI=1S/C12H18BN3O2/c1-11(2,17)12(3,4)18-13-9-5-6-10-14-8-15-16(10)7-9/h5-8,13,17H,1-4H3. The fourth-order valence-corrected chi connectivity index (χ4v) is 1.39. The van der Waals surface area contributed by atoms with Crippen LogP contribution in [0.25, 0.3) is 5.65 Å².